The normalized spacial score (nSPS) is 20.3. The number of nitrogens with zero attached hydrogens (tertiary/aromatic N) is 2. The molecule has 1 aromatic rings. The third-order valence-corrected chi connectivity index (χ3v) is 4.51. The molecule has 0 aliphatic carbocycles. The predicted molar refractivity (Wildman–Crippen MR) is 82.4 cm³/mol. The Morgan fingerprint density at radius 2 is 2.11 bits per heavy atom. The summed E-state index contributed by atoms with van der Waals surface area (Å²) in [7, 11) is 0. The zero-order valence-corrected chi connectivity index (χ0v) is 13.4. The van der Waals surface area contributed by atoms with E-state index < -0.39 is 0 Å². The topological polar surface area (TPSA) is 26.7 Å². The predicted octanol–water partition coefficient (Wildman–Crippen LogP) is 3.07. The second kappa shape index (κ2) is 6.73. The second-order valence-electron chi connectivity index (χ2n) is 5.17. The molecule has 0 bridgehead atoms. The molecular weight excluding hydrogens is 304 g/mol. The fraction of sp³-hybridized carbons (Fsp3) is 0.600. The highest BCUT2D eigenvalue weighted by Crippen LogP contribution is 2.25. The van der Waals surface area contributed by atoms with Crippen LogP contribution in [0.5, 0.6) is 5.75 Å². The molecule has 0 spiro atoms. The first kappa shape index (κ1) is 14.8. The molecule has 1 fully saturated rings. The van der Waals surface area contributed by atoms with Crippen LogP contribution in [0.3, 0.4) is 0 Å². The molecule has 2 rings (SSSR count). The zero-order chi connectivity index (χ0) is 13.8. The van der Waals surface area contributed by atoms with E-state index in [2.05, 4.69) is 39.6 Å². The number of benzene rings is 1. The maximum Gasteiger partial charge on any atom is 0.120 e. The van der Waals surface area contributed by atoms with Gasteiger partial charge in [0.1, 0.15) is 5.75 Å². The van der Waals surface area contributed by atoms with E-state index in [0.29, 0.717) is 11.8 Å². The average molecular weight is 327 g/mol. The van der Waals surface area contributed by atoms with Gasteiger partial charge in [0.05, 0.1) is 0 Å². The van der Waals surface area contributed by atoms with E-state index in [0.717, 1.165) is 42.8 Å². The number of phenolic OH excluding ortho intramolecular Hbond substituents is 1. The molecule has 0 amide bonds. The zero-order valence-electron chi connectivity index (χ0n) is 11.8. The van der Waals surface area contributed by atoms with Gasteiger partial charge < -0.3 is 5.11 Å². The highest BCUT2D eigenvalue weighted by atomic mass is 79.9. The highest BCUT2D eigenvalue weighted by molar-refractivity contribution is 9.10. The van der Waals surface area contributed by atoms with E-state index in [4.69, 9.17) is 0 Å². The summed E-state index contributed by atoms with van der Waals surface area (Å²) in [6.45, 7) is 9.76. The Morgan fingerprint density at radius 3 is 2.79 bits per heavy atom. The molecule has 1 N–H and O–H groups in total. The van der Waals surface area contributed by atoms with Gasteiger partial charge in [-0.1, -0.05) is 29.8 Å². The van der Waals surface area contributed by atoms with Crippen molar-refractivity contribution in [2.24, 2.45) is 0 Å². The quantitative estimate of drug-likeness (QED) is 0.900. The lowest BCUT2D eigenvalue weighted by atomic mass is 10.2. The van der Waals surface area contributed by atoms with Gasteiger partial charge in [-0.05, 0) is 37.7 Å². The minimum atomic E-state index is 0.398. The number of halogens is 1. The van der Waals surface area contributed by atoms with E-state index in [1.54, 1.807) is 6.07 Å². The van der Waals surface area contributed by atoms with Crippen molar-refractivity contribution in [1.29, 1.82) is 0 Å². The van der Waals surface area contributed by atoms with Gasteiger partial charge in [0.2, 0.25) is 0 Å². The van der Waals surface area contributed by atoms with E-state index >= 15 is 0 Å². The first-order chi connectivity index (χ1) is 9.13. The summed E-state index contributed by atoms with van der Waals surface area (Å²) in [6.07, 6.45) is 1.23. The van der Waals surface area contributed by atoms with Gasteiger partial charge in [-0.2, -0.15) is 0 Å². The van der Waals surface area contributed by atoms with Crippen LogP contribution in [-0.2, 0) is 6.54 Å². The summed E-state index contributed by atoms with van der Waals surface area (Å²) >= 11 is 3.47. The van der Waals surface area contributed by atoms with Gasteiger partial charge in [-0.25, -0.2) is 0 Å². The van der Waals surface area contributed by atoms with Gasteiger partial charge in [0.15, 0.2) is 0 Å². The summed E-state index contributed by atoms with van der Waals surface area (Å²) in [6, 6.07) is 6.32. The van der Waals surface area contributed by atoms with Crippen LogP contribution in [-0.4, -0.2) is 47.1 Å². The fourth-order valence-corrected chi connectivity index (χ4v) is 3.32. The van der Waals surface area contributed by atoms with Crippen LogP contribution in [0.1, 0.15) is 25.8 Å². The van der Waals surface area contributed by atoms with Crippen LogP contribution in [0.25, 0.3) is 0 Å². The van der Waals surface area contributed by atoms with Crippen molar-refractivity contribution in [2.45, 2.75) is 32.9 Å². The average Bonchev–Trinajstić information content (AvgIpc) is 2.84. The Morgan fingerprint density at radius 1 is 1.37 bits per heavy atom. The van der Waals surface area contributed by atoms with Crippen molar-refractivity contribution < 1.29 is 5.11 Å². The SMILES string of the molecule is CCN(CC)C1CCN(Cc2cc(Br)ccc2O)C1. The Kier molecular flexibility index (Phi) is 5.25. The lowest BCUT2D eigenvalue weighted by molar-refractivity contribution is 0.208. The van der Waals surface area contributed by atoms with Gasteiger partial charge in [-0.3, -0.25) is 9.80 Å². The van der Waals surface area contributed by atoms with Crippen LogP contribution < -0.4 is 0 Å². The lowest BCUT2D eigenvalue weighted by Crippen LogP contribution is -2.37. The Bertz CT molecular complexity index is 421. The smallest absolute Gasteiger partial charge is 0.120 e. The third kappa shape index (κ3) is 3.71. The van der Waals surface area contributed by atoms with E-state index in [9.17, 15) is 5.11 Å². The van der Waals surface area contributed by atoms with Gasteiger partial charge in [-0.15, -0.1) is 0 Å². The van der Waals surface area contributed by atoms with Crippen LogP contribution in [0.15, 0.2) is 22.7 Å². The van der Waals surface area contributed by atoms with Crippen LogP contribution >= 0.6 is 15.9 Å². The van der Waals surface area contributed by atoms with Crippen LogP contribution in [0.4, 0.5) is 0 Å². The first-order valence-corrected chi connectivity index (χ1v) is 7.87. The Balaban J connectivity index is 1.96. The molecule has 0 saturated carbocycles. The standard InChI is InChI=1S/C15H23BrN2O/c1-3-18(4-2)14-7-8-17(11-14)10-12-9-13(16)5-6-15(12)19/h5-6,9,14,19H,3-4,7-8,10-11H2,1-2H3. The minimum Gasteiger partial charge on any atom is -0.508 e. The molecular formula is C15H23BrN2O. The maximum atomic E-state index is 9.90. The molecule has 1 aromatic carbocycles. The molecule has 1 atom stereocenters. The van der Waals surface area contributed by atoms with E-state index in [1.165, 1.54) is 6.42 Å². The monoisotopic (exact) mass is 326 g/mol. The number of likely N-dealkylation sites (N-methyl/N-ethyl adjacent to an activating group) is 1. The van der Waals surface area contributed by atoms with E-state index in [1.807, 2.05) is 12.1 Å². The minimum absolute atomic E-state index is 0.398. The summed E-state index contributed by atoms with van der Waals surface area (Å²) in [5.41, 5.74) is 1.01. The highest BCUT2D eigenvalue weighted by Gasteiger charge is 2.26. The van der Waals surface area contributed by atoms with Crippen LogP contribution in [0.2, 0.25) is 0 Å². The molecule has 1 heterocycles. The van der Waals surface area contributed by atoms with Crippen molar-refractivity contribution >= 4 is 15.9 Å². The molecule has 3 nitrogen and oxygen atoms in total. The number of likely N-dealkylation sites (tertiary alicyclic amines) is 1. The first-order valence-electron chi connectivity index (χ1n) is 7.07. The third-order valence-electron chi connectivity index (χ3n) is 4.01. The molecule has 106 valence electrons. The maximum absolute atomic E-state index is 9.90. The Labute approximate surface area is 124 Å². The van der Waals surface area contributed by atoms with Crippen LogP contribution in [0, 0.1) is 0 Å². The van der Waals surface area contributed by atoms with Crippen molar-refractivity contribution in [2.75, 3.05) is 26.2 Å². The fourth-order valence-electron chi connectivity index (χ4n) is 2.92. The van der Waals surface area contributed by atoms with Gasteiger partial charge >= 0.3 is 0 Å². The van der Waals surface area contributed by atoms with Crippen molar-refractivity contribution in [3.8, 4) is 5.75 Å². The Hall–Kier alpha value is -0.580. The molecule has 1 aliphatic rings. The van der Waals surface area contributed by atoms with E-state index in [-0.39, 0.29) is 0 Å². The summed E-state index contributed by atoms with van der Waals surface area (Å²) in [4.78, 5) is 4.96. The van der Waals surface area contributed by atoms with Gasteiger partial charge in [0.25, 0.3) is 0 Å². The molecule has 0 radical (unpaired) electrons. The van der Waals surface area contributed by atoms with Gasteiger partial charge in [0, 0.05) is 35.7 Å². The molecule has 4 heteroatoms. The largest absolute Gasteiger partial charge is 0.508 e. The number of rotatable bonds is 5. The molecule has 19 heavy (non-hydrogen) atoms. The summed E-state index contributed by atoms with van der Waals surface area (Å²) < 4.78 is 1.03. The molecule has 0 aromatic heterocycles. The second-order valence-corrected chi connectivity index (χ2v) is 6.09. The number of hydrogen-bond acceptors (Lipinski definition) is 3. The van der Waals surface area contributed by atoms with Crippen molar-refractivity contribution in [1.82, 2.24) is 9.80 Å². The summed E-state index contributed by atoms with van der Waals surface area (Å²) in [5.74, 6) is 0.398. The molecule has 1 unspecified atom stereocenters. The van der Waals surface area contributed by atoms with Crippen molar-refractivity contribution in [3.63, 3.8) is 0 Å². The van der Waals surface area contributed by atoms with Crippen molar-refractivity contribution in [3.05, 3.63) is 28.2 Å². The number of hydrogen-bond donors (Lipinski definition) is 1. The number of phenols is 1. The lowest BCUT2D eigenvalue weighted by Gasteiger charge is -2.26. The number of aromatic hydroxyl groups is 1. The molecule has 1 aliphatic heterocycles. The summed E-state index contributed by atoms with van der Waals surface area (Å²) in [5, 5.41) is 9.90. The molecule has 1 saturated heterocycles.